The Morgan fingerprint density at radius 1 is 1.11 bits per heavy atom. The summed E-state index contributed by atoms with van der Waals surface area (Å²) in [6, 6.07) is 7.18. The van der Waals surface area contributed by atoms with Crippen molar-refractivity contribution in [2.75, 3.05) is 6.54 Å². The lowest BCUT2D eigenvalue weighted by Gasteiger charge is -2.04. The number of carbonyl (C=O) groups excluding carboxylic acids is 2. The number of hydrogen-bond acceptors (Lipinski definition) is 3. The summed E-state index contributed by atoms with van der Waals surface area (Å²) in [5.41, 5.74) is 0.585. The number of benzene rings is 1. The van der Waals surface area contributed by atoms with Crippen LogP contribution in [-0.4, -0.2) is 29.3 Å². The van der Waals surface area contributed by atoms with E-state index in [1.165, 1.54) is 0 Å². The summed E-state index contributed by atoms with van der Waals surface area (Å²) in [6.45, 7) is 0.428. The number of carboxylic acid groups (broad SMARTS) is 1. The second kappa shape index (κ2) is 7.88. The summed E-state index contributed by atoms with van der Waals surface area (Å²) in [6.07, 6.45) is 1.04. The number of hydrogen-bond donors (Lipinski definition) is 2. The van der Waals surface area contributed by atoms with Crippen molar-refractivity contribution in [1.29, 1.82) is 0 Å². The maximum Gasteiger partial charge on any atom is 0.372 e. The smallest absolute Gasteiger partial charge is 0.372 e. The van der Waals surface area contributed by atoms with Crippen molar-refractivity contribution in [3.05, 3.63) is 33.4 Å². The Labute approximate surface area is 124 Å². The number of amides is 1. The van der Waals surface area contributed by atoms with Gasteiger partial charge in [-0.05, 0) is 59.7 Å². The van der Waals surface area contributed by atoms with Crippen molar-refractivity contribution >= 4 is 40.3 Å². The van der Waals surface area contributed by atoms with Crippen LogP contribution >= 0.6 is 22.6 Å². The summed E-state index contributed by atoms with van der Waals surface area (Å²) in [4.78, 5) is 32.8. The maximum absolute atomic E-state index is 11.7. The number of aliphatic carboxylic acids is 1. The lowest BCUT2D eigenvalue weighted by molar-refractivity contribution is -0.149. The Hall–Kier alpha value is -1.44. The minimum Gasteiger partial charge on any atom is -0.476 e. The van der Waals surface area contributed by atoms with Gasteiger partial charge < -0.3 is 10.4 Å². The molecule has 0 atom stereocenters. The molecule has 2 N–H and O–H groups in total. The second-order valence-corrected chi connectivity index (χ2v) is 5.19. The molecule has 1 aromatic rings. The first-order valence-electron chi connectivity index (χ1n) is 5.80. The van der Waals surface area contributed by atoms with E-state index >= 15 is 0 Å². The van der Waals surface area contributed by atoms with Gasteiger partial charge in [0.25, 0.3) is 5.91 Å². The van der Waals surface area contributed by atoms with E-state index in [1.807, 2.05) is 12.1 Å². The van der Waals surface area contributed by atoms with E-state index in [0.717, 1.165) is 3.57 Å². The Bertz CT molecular complexity index is 470. The fourth-order valence-corrected chi connectivity index (χ4v) is 1.78. The summed E-state index contributed by atoms with van der Waals surface area (Å²) in [5.74, 6) is -2.35. The number of ketones is 1. The van der Waals surface area contributed by atoms with Crippen molar-refractivity contribution < 1.29 is 19.5 Å². The highest BCUT2D eigenvalue weighted by molar-refractivity contribution is 14.1. The zero-order valence-electron chi connectivity index (χ0n) is 10.2. The van der Waals surface area contributed by atoms with E-state index in [-0.39, 0.29) is 12.3 Å². The predicted molar refractivity (Wildman–Crippen MR) is 78.0 cm³/mol. The monoisotopic (exact) mass is 375 g/mol. The molecule has 19 heavy (non-hydrogen) atoms. The van der Waals surface area contributed by atoms with Gasteiger partial charge in [0.05, 0.1) is 0 Å². The van der Waals surface area contributed by atoms with Gasteiger partial charge >= 0.3 is 5.97 Å². The highest BCUT2D eigenvalue weighted by Gasteiger charge is 2.10. The highest BCUT2D eigenvalue weighted by Crippen LogP contribution is 2.06. The zero-order chi connectivity index (χ0) is 14.3. The van der Waals surface area contributed by atoms with Gasteiger partial charge in [0, 0.05) is 22.1 Å². The molecule has 1 aromatic carbocycles. The quantitative estimate of drug-likeness (QED) is 0.433. The van der Waals surface area contributed by atoms with E-state index < -0.39 is 11.8 Å². The third-order valence-electron chi connectivity index (χ3n) is 2.46. The summed E-state index contributed by atoms with van der Waals surface area (Å²) < 4.78 is 1.06. The average molecular weight is 375 g/mol. The molecule has 1 rings (SSSR count). The molecule has 0 radical (unpaired) electrons. The molecule has 6 heteroatoms. The van der Waals surface area contributed by atoms with Crippen molar-refractivity contribution in [3.8, 4) is 0 Å². The number of carboxylic acids is 1. The van der Waals surface area contributed by atoms with Crippen LogP contribution in [0.15, 0.2) is 24.3 Å². The Morgan fingerprint density at radius 2 is 1.74 bits per heavy atom. The van der Waals surface area contributed by atoms with Crippen molar-refractivity contribution in [1.82, 2.24) is 5.32 Å². The fourth-order valence-electron chi connectivity index (χ4n) is 1.42. The zero-order valence-corrected chi connectivity index (χ0v) is 12.3. The van der Waals surface area contributed by atoms with Gasteiger partial charge in [-0.2, -0.15) is 0 Å². The molecule has 102 valence electrons. The van der Waals surface area contributed by atoms with Crippen molar-refractivity contribution in [2.45, 2.75) is 19.3 Å². The first-order chi connectivity index (χ1) is 9.00. The number of Topliss-reactive ketones (excluding diaryl/α,β-unsaturated/α-hetero) is 1. The predicted octanol–water partition coefficient (Wildman–Crippen LogP) is 1.84. The first-order valence-corrected chi connectivity index (χ1v) is 6.88. The second-order valence-electron chi connectivity index (χ2n) is 3.95. The van der Waals surface area contributed by atoms with Gasteiger partial charge in [-0.25, -0.2) is 4.79 Å². The minimum absolute atomic E-state index is 0.00867. The van der Waals surface area contributed by atoms with Gasteiger partial charge in [0.1, 0.15) is 0 Å². The van der Waals surface area contributed by atoms with E-state index in [2.05, 4.69) is 27.9 Å². The number of rotatable bonds is 7. The molecule has 0 aliphatic rings. The third kappa shape index (κ3) is 5.82. The molecule has 0 saturated carbocycles. The van der Waals surface area contributed by atoms with Crippen LogP contribution < -0.4 is 5.32 Å². The summed E-state index contributed by atoms with van der Waals surface area (Å²) in [5, 5.41) is 11.1. The van der Waals surface area contributed by atoms with Crippen LogP contribution in [0, 0.1) is 3.57 Å². The molecule has 0 aromatic heterocycles. The largest absolute Gasteiger partial charge is 0.476 e. The third-order valence-corrected chi connectivity index (χ3v) is 3.18. The number of unbranched alkanes of at least 4 members (excludes halogenated alkanes) is 1. The molecule has 0 heterocycles. The first kappa shape index (κ1) is 15.6. The minimum atomic E-state index is -1.40. The number of nitrogens with one attached hydrogen (secondary N) is 1. The molecule has 1 amide bonds. The fraction of sp³-hybridized carbons (Fsp3) is 0.308. The van der Waals surface area contributed by atoms with Crippen LogP contribution in [0.3, 0.4) is 0 Å². The molecule has 0 spiro atoms. The normalized spacial score (nSPS) is 9.95. The summed E-state index contributed by atoms with van der Waals surface area (Å²) >= 11 is 2.16. The molecule has 0 aliphatic heterocycles. The molecule has 5 nitrogen and oxygen atoms in total. The van der Waals surface area contributed by atoms with Crippen LogP contribution in [0.5, 0.6) is 0 Å². The highest BCUT2D eigenvalue weighted by atomic mass is 127. The number of carbonyl (C=O) groups is 3. The number of halogens is 1. The van der Waals surface area contributed by atoms with Gasteiger partial charge in [-0.15, -0.1) is 0 Å². The van der Waals surface area contributed by atoms with Crippen molar-refractivity contribution in [2.24, 2.45) is 0 Å². The molecule has 0 bridgehead atoms. The molecule has 0 aliphatic carbocycles. The van der Waals surface area contributed by atoms with Crippen LogP contribution in [-0.2, 0) is 9.59 Å². The van der Waals surface area contributed by atoms with Gasteiger partial charge in [0.15, 0.2) is 0 Å². The molecule has 0 unspecified atom stereocenters. The van der Waals surface area contributed by atoms with Gasteiger partial charge in [-0.1, -0.05) is 0 Å². The maximum atomic E-state index is 11.7. The Morgan fingerprint density at radius 3 is 2.32 bits per heavy atom. The SMILES string of the molecule is O=C(O)C(=O)CCCCNC(=O)c1ccc(I)cc1. The van der Waals surface area contributed by atoms with Crippen molar-refractivity contribution in [3.63, 3.8) is 0 Å². The molecule has 0 saturated heterocycles. The van der Waals surface area contributed by atoms with Gasteiger partial charge in [-0.3, -0.25) is 9.59 Å². The summed E-state index contributed by atoms with van der Waals surface area (Å²) in [7, 11) is 0. The average Bonchev–Trinajstić information content (AvgIpc) is 2.38. The molecular weight excluding hydrogens is 361 g/mol. The Balaban J connectivity index is 2.23. The van der Waals surface area contributed by atoms with E-state index in [1.54, 1.807) is 12.1 Å². The lowest BCUT2D eigenvalue weighted by atomic mass is 10.1. The van der Waals surface area contributed by atoms with Crippen LogP contribution in [0.2, 0.25) is 0 Å². The molecule has 0 fully saturated rings. The Kier molecular flexibility index (Phi) is 6.48. The van der Waals surface area contributed by atoms with E-state index in [9.17, 15) is 14.4 Å². The topological polar surface area (TPSA) is 83.5 Å². The van der Waals surface area contributed by atoms with Gasteiger partial charge in [0.2, 0.25) is 5.78 Å². The lowest BCUT2D eigenvalue weighted by Crippen LogP contribution is -2.24. The van der Waals surface area contributed by atoms with E-state index in [4.69, 9.17) is 5.11 Å². The van der Waals surface area contributed by atoms with Crippen LogP contribution in [0.4, 0.5) is 0 Å². The van der Waals surface area contributed by atoms with E-state index in [0.29, 0.717) is 24.9 Å². The standard InChI is InChI=1S/C13H14INO4/c14-10-6-4-9(5-7-10)12(17)15-8-2-1-3-11(16)13(18)19/h4-7H,1-3,8H2,(H,15,17)(H,18,19). The van der Waals surface area contributed by atoms with Crippen LogP contribution in [0.1, 0.15) is 29.6 Å². The van der Waals surface area contributed by atoms with Crippen LogP contribution in [0.25, 0.3) is 0 Å². The molecular formula is C13H14INO4.